The quantitative estimate of drug-likeness (QED) is 0.792. The number of anilines is 2. The van der Waals surface area contributed by atoms with Crippen LogP contribution in [0, 0.1) is 0 Å². The largest absolute Gasteiger partial charge is 0.375 e. The van der Waals surface area contributed by atoms with Gasteiger partial charge in [0.1, 0.15) is 0 Å². The van der Waals surface area contributed by atoms with Gasteiger partial charge in [-0.3, -0.25) is 9.59 Å². The molecule has 0 unspecified atom stereocenters. The zero-order valence-electron chi connectivity index (χ0n) is 10.2. The predicted molar refractivity (Wildman–Crippen MR) is 73.2 cm³/mol. The second-order valence-corrected chi connectivity index (χ2v) is 4.27. The van der Waals surface area contributed by atoms with Crippen LogP contribution in [0.15, 0.2) is 54.6 Å². The van der Waals surface area contributed by atoms with E-state index in [0.717, 1.165) is 0 Å². The predicted octanol–water partition coefficient (Wildman–Crippen LogP) is 2.29. The number of hydrogen-bond donors (Lipinski definition) is 1. The summed E-state index contributed by atoms with van der Waals surface area (Å²) in [7, 11) is 0. The maximum Gasteiger partial charge on any atom is 0.267 e. The Bertz CT molecular complexity index is 638. The first-order chi connectivity index (χ1) is 9.27. The van der Waals surface area contributed by atoms with Crippen molar-refractivity contribution in [2.75, 3.05) is 16.8 Å². The topological polar surface area (TPSA) is 49.4 Å². The minimum absolute atomic E-state index is 0.109. The molecule has 94 valence electrons. The normalized spacial score (nSPS) is 14.6. The van der Waals surface area contributed by atoms with Crippen LogP contribution in [0.4, 0.5) is 11.4 Å². The summed E-state index contributed by atoms with van der Waals surface area (Å²) in [6.07, 6.45) is 0. The number of imide groups is 1. The SMILES string of the molecule is O=C1CNc2ccccc2C(=O)N1c1ccccc1. The molecule has 0 spiro atoms. The highest BCUT2D eigenvalue weighted by Crippen LogP contribution is 2.24. The first-order valence-electron chi connectivity index (χ1n) is 6.02. The molecule has 0 aromatic heterocycles. The summed E-state index contributed by atoms with van der Waals surface area (Å²) < 4.78 is 0. The van der Waals surface area contributed by atoms with E-state index >= 15 is 0 Å². The summed E-state index contributed by atoms with van der Waals surface area (Å²) in [4.78, 5) is 25.9. The van der Waals surface area contributed by atoms with Gasteiger partial charge in [0.2, 0.25) is 0 Å². The van der Waals surface area contributed by atoms with Crippen molar-refractivity contribution in [1.29, 1.82) is 0 Å². The number of para-hydroxylation sites is 2. The Kier molecular flexibility index (Phi) is 2.76. The van der Waals surface area contributed by atoms with Gasteiger partial charge in [-0.1, -0.05) is 30.3 Å². The van der Waals surface area contributed by atoms with Crippen LogP contribution in [-0.4, -0.2) is 18.4 Å². The molecule has 0 saturated heterocycles. The number of benzene rings is 2. The number of rotatable bonds is 1. The molecule has 2 amide bonds. The Morgan fingerprint density at radius 2 is 1.58 bits per heavy atom. The molecular weight excluding hydrogens is 240 g/mol. The van der Waals surface area contributed by atoms with E-state index in [-0.39, 0.29) is 18.4 Å². The van der Waals surface area contributed by atoms with Gasteiger partial charge < -0.3 is 5.32 Å². The molecule has 4 heteroatoms. The number of fused-ring (bicyclic) bond motifs is 1. The first kappa shape index (κ1) is 11.5. The molecule has 1 heterocycles. The molecule has 0 radical (unpaired) electrons. The highest BCUT2D eigenvalue weighted by Gasteiger charge is 2.29. The molecule has 1 N–H and O–H groups in total. The smallest absolute Gasteiger partial charge is 0.267 e. The van der Waals surface area contributed by atoms with Crippen molar-refractivity contribution >= 4 is 23.2 Å². The number of nitrogens with zero attached hydrogens (tertiary/aromatic N) is 1. The van der Waals surface area contributed by atoms with Gasteiger partial charge in [0.25, 0.3) is 11.8 Å². The third-order valence-electron chi connectivity index (χ3n) is 3.05. The number of nitrogens with one attached hydrogen (secondary N) is 1. The summed E-state index contributed by atoms with van der Waals surface area (Å²) in [5.74, 6) is -0.552. The second-order valence-electron chi connectivity index (χ2n) is 4.27. The molecule has 1 aliphatic heterocycles. The number of carbonyl (C=O) groups excluding carboxylic acids is 2. The van der Waals surface area contributed by atoms with Gasteiger partial charge in [-0.05, 0) is 24.3 Å². The minimum Gasteiger partial charge on any atom is -0.375 e. The van der Waals surface area contributed by atoms with E-state index in [9.17, 15) is 9.59 Å². The van der Waals surface area contributed by atoms with Crippen LogP contribution >= 0.6 is 0 Å². The maximum atomic E-state index is 12.5. The molecule has 0 fully saturated rings. The summed E-state index contributed by atoms with van der Waals surface area (Å²) >= 11 is 0. The van der Waals surface area contributed by atoms with Gasteiger partial charge in [-0.15, -0.1) is 0 Å². The Balaban J connectivity index is 2.10. The van der Waals surface area contributed by atoms with Crippen LogP contribution in [0.1, 0.15) is 10.4 Å². The highest BCUT2D eigenvalue weighted by atomic mass is 16.2. The van der Waals surface area contributed by atoms with E-state index in [0.29, 0.717) is 16.9 Å². The van der Waals surface area contributed by atoms with Crippen LogP contribution in [0.5, 0.6) is 0 Å². The fourth-order valence-corrected chi connectivity index (χ4v) is 2.15. The van der Waals surface area contributed by atoms with Crippen molar-refractivity contribution in [1.82, 2.24) is 0 Å². The lowest BCUT2D eigenvalue weighted by molar-refractivity contribution is -0.116. The lowest BCUT2D eigenvalue weighted by atomic mass is 10.1. The van der Waals surface area contributed by atoms with Gasteiger partial charge in [0, 0.05) is 5.69 Å². The molecule has 2 aromatic rings. The van der Waals surface area contributed by atoms with Crippen LogP contribution in [0.25, 0.3) is 0 Å². The highest BCUT2D eigenvalue weighted by molar-refractivity contribution is 6.24. The van der Waals surface area contributed by atoms with Crippen molar-refractivity contribution < 1.29 is 9.59 Å². The number of hydrogen-bond acceptors (Lipinski definition) is 3. The molecule has 0 atom stereocenters. The fraction of sp³-hybridized carbons (Fsp3) is 0.0667. The average Bonchev–Trinajstić information content (AvgIpc) is 2.58. The van der Waals surface area contributed by atoms with Gasteiger partial charge in [-0.25, -0.2) is 4.90 Å². The van der Waals surface area contributed by atoms with Gasteiger partial charge >= 0.3 is 0 Å². The molecular formula is C15H12N2O2. The van der Waals surface area contributed by atoms with Crippen LogP contribution in [-0.2, 0) is 4.79 Å². The lowest BCUT2D eigenvalue weighted by Crippen LogP contribution is -2.38. The van der Waals surface area contributed by atoms with E-state index in [1.807, 2.05) is 12.1 Å². The summed E-state index contributed by atoms with van der Waals surface area (Å²) in [5.41, 5.74) is 1.80. The van der Waals surface area contributed by atoms with E-state index in [4.69, 9.17) is 0 Å². The Morgan fingerprint density at radius 3 is 2.37 bits per heavy atom. The van der Waals surface area contributed by atoms with E-state index in [2.05, 4.69) is 5.32 Å². The molecule has 0 aliphatic carbocycles. The number of carbonyl (C=O) groups is 2. The maximum absolute atomic E-state index is 12.5. The van der Waals surface area contributed by atoms with Crippen molar-refractivity contribution in [2.24, 2.45) is 0 Å². The van der Waals surface area contributed by atoms with E-state index < -0.39 is 0 Å². The Labute approximate surface area is 110 Å². The van der Waals surface area contributed by atoms with Crippen LogP contribution in [0.3, 0.4) is 0 Å². The molecule has 2 aromatic carbocycles. The molecule has 0 bridgehead atoms. The standard InChI is InChI=1S/C15H12N2O2/c18-14-10-16-13-9-5-4-8-12(13)15(19)17(14)11-6-2-1-3-7-11/h1-9,16H,10H2. The first-order valence-corrected chi connectivity index (χ1v) is 6.02. The van der Waals surface area contributed by atoms with Crippen molar-refractivity contribution in [3.05, 3.63) is 60.2 Å². The molecule has 3 rings (SSSR count). The van der Waals surface area contributed by atoms with Crippen LogP contribution in [0.2, 0.25) is 0 Å². The van der Waals surface area contributed by atoms with Crippen LogP contribution < -0.4 is 10.2 Å². The monoisotopic (exact) mass is 252 g/mol. The van der Waals surface area contributed by atoms with Crippen molar-refractivity contribution in [3.63, 3.8) is 0 Å². The summed E-state index contributed by atoms with van der Waals surface area (Å²) in [6.45, 7) is 0.109. The fourth-order valence-electron chi connectivity index (χ4n) is 2.15. The van der Waals surface area contributed by atoms with Crippen molar-refractivity contribution in [2.45, 2.75) is 0 Å². The minimum atomic E-state index is -0.295. The van der Waals surface area contributed by atoms with E-state index in [1.165, 1.54) is 4.90 Å². The Morgan fingerprint density at radius 1 is 0.895 bits per heavy atom. The molecule has 1 aliphatic rings. The lowest BCUT2D eigenvalue weighted by Gasteiger charge is -2.18. The third-order valence-corrected chi connectivity index (χ3v) is 3.05. The Hall–Kier alpha value is -2.62. The summed E-state index contributed by atoms with van der Waals surface area (Å²) in [5, 5.41) is 2.99. The zero-order chi connectivity index (χ0) is 13.2. The zero-order valence-corrected chi connectivity index (χ0v) is 10.2. The average molecular weight is 252 g/mol. The number of amides is 2. The van der Waals surface area contributed by atoms with E-state index in [1.54, 1.807) is 42.5 Å². The van der Waals surface area contributed by atoms with Gasteiger partial charge in [-0.2, -0.15) is 0 Å². The van der Waals surface area contributed by atoms with Gasteiger partial charge in [0.15, 0.2) is 0 Å². The molecule has 0 saturated carbocycles. The summed E-state index contributed by atoms with van der Waals surface area (Å²) in [6, 6.07) is 16.1. The van der Waals surface area contributed by atoms with Gasteiger partial charge in [0.05, 0.1) is 17.8 Å². The third kappa shape index (κ3) is 1.97. The van der Waals surface area contributed by atoms with Crippen molar-refractivity contribution in [3.8, 4) is 0 Å². The molecule has 4 nitrogen and oxygen atoms in total. The second kappa shape index (κ2) is 4.57. The molecule has 19 heavy (non-hydrogen) atoms.